The van der Waals surface area contributed by atoms with Gasteiger partial charge in [0.25, 0.3) is 0 Å². The number of aromatic hydroxyl groups is 1. The van der Waals surface area contributed by atoms with Gasteiger partial charge in [0.15, 0.2) is 10.9 Å². The standard InChI is InChI=1S/C15H10Cl2N2O3S/c16-11-8-4-5-9-12(11)19-14(17)13(20)15(18-19)23(21,22)10-6-2-1-3-7-10/h1-9,20H. The topological polar surface area (TPSA) is 72.2 Å². The molecule has 0 spiro atoms. The average molecular weight is 369 g/mol. The molecule has 1 aromatic heterocycles. The van der Waals surface area contributed by atoms with Gasteiger partial charge in [-0.15, -0.1) is 0 Å². The maximum Gasteiger partial charge on any atom is 0.229 e. The molecule has 1 heterocycles. The lowest BCUT2D eigenvalue weighted by Crippen LogP contribution is -2.05. The maximum absolute atomic E-state index is 12.6. The van der Waals surface area contributed by atoms with E-state index in [1.165, 1.54) is 12.1 Å². The van der Waals surface area contributed by atoms with Gasteiger partial charge in [-0.25, -0.2) is 13.1 Å². The number of halogens is 2. The van der Waals surface area contributed by atoms with Crippen molar-refractivity contribution in [1.29, 1.82) is 0 Å². The highest BCUT2D eigenvalue weighted by Crippen LogP contribution is 2.36. The monoisotopic (exact) mass is 368 g/mol. The molecule has 0 atom stereocenters. The van der Waals surface area contributed by atoms with Gasteiger partial charge in [-0.1, -0.05) is 53.5 Å². The molecule has 23 heavy (non-hydrogen) atoms. The van der Waals surface area contributed by atoms with Crippen LogP contribution in [-0.2, 0) is 9.84 Å². The molecule has 3 aromatic rings. The van der Waals surface area contributed by atoms with Crippen molar-refractivity contribution in [3.8, 4) is 11.4 Å². The quantitative estimate of drug-likeness (QED) is 0.764. The van der Waals surface area contributed by atoms with E-state index in [-0.39, 0.29) is 10.0 Å². The Kier molecular flexibility index (Phi) is 4.06. The van der Waals surface area contributed by atoms with E-state index in [0.717, 1.165) is 4.68 Å². The molecule has 1 N–H and O–H groups in total. The number of aromatic nitrogens is 2. The van der Waals surface area contributed by atoms with Crippen LogP contribution >= 0.6 is 23.2 Å². The number of hydrogen-bond acceptors (Lipinski definition) is 4. The lowest BCUT2D eigenvalue weighted by atomic mass is 10.3. The molecule has 0 amide bonds. The molecule has 0 aliphatic heterocycles. The fraction of sp³-hybridized carbons (Fsp3) is 0. The van der Waals surface area contributed by atoms with E-state index in [2.05, 4.69) is 5.10 Å². The molecule has 8 heteroatoms. The Bertz CT molecular complexity index is 970. The van der Waals surface area contributed by atoms with Crippen molar-refractivity contribution in [2.24, 2.45) is 0 Å². The van der Waals surface area contributed by atoms with Gasteiger partial charge in [-0.2, -0.15) is 5.10 Å². The summed E-state index contributed by atoms with van der Waals surface area (Å²) in [5.74, 6) is -0.615. The number of rotatable bonds is 3. The summed E-state index contributed by atoms with van der Waals surface area (Å²) >= 11 is 12.1. The molecular weight excluding hydrogens is 359 g/mol. The third-order valence-corrected chi connectivity index (χ3v) is 5.50. The van der Waals surface area contributed by atoms with Gasteiger partial charge < -0.3 is 5.11 Å². The van der Waals surface area contributed by atoms with E-state index in [1.807, 2.05) is 0 Å². The third-order valence-electron chi connectivity index (χ3n) is 3.16. The largest absolute Gasteiger partial charge is 0.503 e. The van der Waals surface area contributed by atoms with Crippen molar-refractivity contribution in [2.75, 3.05) is 0 Å². The molecule has 0 aliphatic carbocycles. The molecule has 5 nitrogen and oxygen atoms in total. The van der Waals surface area contributed by atoms with Crippen molar-refractivity contribution in [3.63, 3.8) is 0 Å². The second-order valence-corrected chi connectivity index (χ2v) is 7.25. The minimum absolute atomic E-state index is 0.00998. The zero-order chi connectivity index (χ0) is 16.6. The van der Waals surface area contributed by atoms with Gasteiger partial charge in [0.1, 0.15) is 0 Å². The third kappa shape index (κ3) is 2.69. The minimum Gasteiger partial charge on any atom is -0.503 e. The Morgan fingerprint density at radius 2 is 1.57 bits per heavy atom. The van der Waals surface area contributed by atoms with Crippen LogP contribution in [0.5, 0.6) is 5.75 Å². The van der Waals surface area contributed by atoms with Gasteiger partial charge in [-0.05, 0) is 24.3 Å². The van der Waals surface area contributed by atoms with E-state index in [0.29, 0.717) is 10.7 Å². The van der Waals surface area contributed by atoms with Crippen molar-refractivity contribution in [3.05, 3.63) is 64.8 Å². The molecule has 0 fully saturated rings. The second kappa shape index (κ2) is 5.88. The Morgan fingerprint density at radius 3 is 2.22 bits per heavy atom. The first-order valence-corrected chi connectivity index (χ1v) is 8.69. The van der Waals surface area contributed by atoms with E-state index in [1.54, 1.807) is 42.5 Å². The first-order valence-electron chi connectivity index (χ1n) is 6.45. The molecular formula is C15H10Cl2N2O3S. The molecule has 0 saturated heterocycles. The van der Waals surface area contributed by atoms with Crippen LogP contribution in [0.1, 0.15) is 0 Å². The van der Waals surface area contributed by atoms with Crippen LogP contribution in [0, 0.1) is 0 Å². The van der Waals surface area contributed by atoms with Crippen LogP contribution in [0.4, 0.5) is 0 Å². The molecule has 0 radical (unpaired) electrons. The molecule has 118 valence electrons. The van der Waals surface area contributed by atoms with Crippen LogP contribution in [0.3, 0.4) is 0 Å². The number of hydrogen-bond donors (Lipinski definition) is 1. The van der Waals surface area contributed by atoms with Crippen molar-refractivity contribution >= 4 is 33.0 Å². The van der Waals surface area contributed by atoms with Crippen molar-refractivity contribution in [1.82, 2.24) is 9.78 Å². The molecule has 0 unspecified atom stereocenters. The predicted molar refractivity (Wildman–Crippen MR) is 87.1 cm³/mol. The summed E-state index contributed by atoms with van der Waals surface area (Å²) in [6, 6.07) is 14.3. The summed E-state index contributed by atoms with van der Waals surface area (Å²) < 4.78 is 26.3. The highest BCUT2D eigenvalue weighted by Gasteiger charge is 2.29. The van der Waals surface area contributed by atoms with Crippen molar-refractivity contribution in [2.45, 2.75) is 9.92 Å². The molecule has 3 rings (SSSR count). The van der Waals surface area contributed by atoms with E-state index >= 15 is 0 Å². The van der Waals surface area contributed by atoms with Gasteiger partial charge in [0, 0.05) is 0 Å². The van der Waals surface area contributed by atoms with Gasteiger partial charge in [-0.3, -0.25) is 0 Å². The highest BCUT2D eigenvalue weighted by molar-refractivity contribution is 7.91. The Balaban J connectivity index is 2.21. The predicted octanol–water partition coefficient (Wildman–Crippen LogP) is 3.72. The Morgan fingerprint density at radius 1 is 0.957 bits per heavy atom. The van der Waals surface area contributed by atoms with Crippen LogP contribution < -0.4 is 0 Å². The lowest BCUT2D eigenvalue weighted by molar-refractivity contribution is 0.458. The Labute approximate surface area is 142 Å². The summed E-state index contributed by atoms with van der Waals surface area (Å²) in [6.45, 7) is 0. The Hall–Kier alpha value is -2.02. The SMILES string of the molecule is O=S(=O)(c1ccccc1)c1nn(-c2ccccc2Cl)c(Cl)c1O. The summed E-state index contributed by atoms with van der Waals surface area (Å²) in [4.78, 5) is 0.00998. The number of para-hydroxylation sites is 1. The van der Waals surface area contributed by atoms with E-state index in [9.17, 15) is 13.5 Å². The van der Waals surface area contributed by atoms with E-state index < -0.39 is 20.6 Å². The highest BCUT2D eigenvalue weighted by atomic mass is 35.5. The second-order valence-electron chi connectivity index (χ2n) is 4.62. The lowest BCUT2D eigenvalue weighted by Gasteiger charge is -2.04. The fourth-order valence-corrected chi connectivity index (χ4v) is 3.82. The summed E-state index contributed by atoms with van der Waals surface area (Å²) in [7, 11) is -4.00. The van der Waals surface area contributed by atoms with Gasteiger partial charge in [0.2, 0.25) is 14.9 Å². The molecule has 0 saturated carbocycles. The summed E-state index contributed by atoms with van der Waals surface area (Å²) in [6.07, 6.45) is 0. The number of nitrogens with zero attached hydrogens (tertiary/aromatic N) is 2. The van der Waals surface area contributed by atoms with Crippen LogP contribution in [0.2, 0.25) is 10.2 Å². The normalized spacial score (nSPS) is 11.6. The zero-order valence-electron chi connectivity index (χ0n) is 11.5. The number of benzene rings is 2. The molecule has 0 aliphatic rings. The minimum atomic E-state index is -4.00. The fourth-order valence-electron chi connectivity index (χ4n) is 2.05. The first-order chi connectivity index (χ1) is 10.9. The molecule has 2 aromatic carbocycles. The average Bonchev–Trinajstić information content (AvgIpc) is 2.85. The molecule has 0 bridgehead atoms. The number of sulfone groups is 1. The van der Waals surface area contributed by atoms with Gasteiger partial charge in [0.05, 0.1) is 15.6 Å². The summed E-state index contributed by atoms with van der Waals surface area (Å²) in [5.41, 5.74) is 0.365. The first kappa shape index (κ1) is 15.9. The van der Waals surface area contributed by atoms with Gasteiger partial charge >= 0.3 is 0 Å². The van der Waals surface area contributed by atoms with Crippen LogP contribution in [0.25, 0.3) is 5.69 Å². The summed E-state index contributed by atoms with van der Waals surface area (Å²) in [5, 5.41) is 13.7. The van der Waals surface area contributed by atoms with Crippen LogP contribution in [0.15, 0.2) is 64.5 Å². The van der Waals surface area contributed by atoms with Crippen molar-refractivity contribution < 1.29 is 13.5 Å². The maximum atomic E-state index is 12.6. The smallest absolute Gasteiger partial charge is 0.229 e. The zero-order valence-corrected chi connectivity index (χ0v) is 13.8. The van der Waals surface area contributed by atoms with E-state index in [4.69, 9.17) is 23.2 Å². The van der Waals surface area contributed by atoms with Crippen LogP contribution in [-0.4, -0.2) is 23.3 Å².